The Morgan fingerprint density at radius 3 is 2.58 bits per heavy atom. The van der Waals surface area contributed by atoms with Crippen LogP contribution in [0.3, 0.4) is 0 Å². The number of nitrogens with zero attached hydrogens (tertiary/aromatic N) is 2. The molecular weight excluding hydrogens is 348 g/mol. The lowest BCUT2D eigenvalue weighted by molar-refractivity contribution is 0.304. The number of rotatable bonds is 8. The molecule has 2 N–H and O–H groups in total. The Hall–Kier alpha value is -1.60. The Labute approximate surface area is 158 Å². The van der Waals surface area contributed by atoms with Crippen LogP contribution in [0.25, 0.3) is 0 Å². The van der Waals surface area contributed by atoms with Crippen molar-refractivity contribution in [2.45, 2.75) is 32.7 Å². The normalized spacial score (nSPS) is 19.1. The number of sulfone groups is 1. The molecule has 0 amide bonds. The summed E-state index contributed by atoms with van der Waals surface area (Å²) in [5.74, 6) is 1.37. The van der Waals surface area contributed by atoms with Gasteiger partial charge in [0.1, 0.15) is 0 Å². The van der Waals surface area contributed by atoms with Crippen molar-refractivity contribution in [3.05, 3.63) is 35.9 Å². The number of aliphatic imine (C=N–C) groups is 1. The lowest BCUT2D eigenvalue weighted by Crippen LogP contribution is -2.44. The fourth-order valence-corrected chi connectivity index (χ4v) is 4.21. The molecule has 0 spiro atoms. The van der Waals surface area contributed by atoms with Crippen molar-refractivity contribution >= 4 is 15.8 Å². The van der Waals surface area contributed by atoms with Gasteiger partial charge in [-0.25, -0.2) is 8.42 Å². The van der Waals surface area contributed by atoms with Crippen LogP contribution in [-0.2, 0) is 16.3 Å². The molecule has 1 fully saturated rings. The van der Waals surface area contributed by atoms with Crippen molar-refractivity contribution in [1.82, 2.24) is 15.5 Å². The Morgan fingerprint density at radius 2 is 1.92 bits per heavy atom. The fraction of sp³-hybridized carbons (Fsp3) is 0.632. The van der Waals surface area contributed by atoms with E-state index in [0.717, 1.165) is 31.9 Å². The zero-order chi connectivity index (χ0) is 18.8. The number of hydrogen-bond donors (Lipinski definition) is 2. The summed E-state index contributed by atoms with van der Waals surface area (Å²) < 4.78 is 22.9. The Kier molecular flexibility index (Phi) is 8.38. The van der Waals surface area contributed by atoms with Gasteiger partial charge in [-0.15, -0.1) is 0 Å². The second-order valence-corrected chi connectivity index (χ2v) is 9.13. The topological polar surface area (TPSA) is 73.8 Å². The number of nitrogens with one attached hydrogen (secondary N) is 2. The molecule has 1 aromatic carbocycles. The predicted octanol–water partition coefficient (Wildman–Crippen LogP) is 1.29. The van der Waals surface area contributed by atoms with Crippen LogP contribution in [0.4, 0.5) is 0 Å². The van der Waals surface area contributed by atoms with Gasteiger partial charge in [-0.2, -0.15) is 0 Å². The molecule has 6 nitrogen and oxygen atoms in total. The third kappa shape index (κ3) is 7.74. The molecule has 2 rings (SSSR count). The van der Waals surface area contributed by atoms with E-state index in [2.05, 4.69) is 58.6 Å². The summed E-state index contributed by atoms with van der Waals surface area (Å²) in [5.41, 5.74) is 1.35. The Bertz CT molecular complexity index is 647. The van der Waals surface area contributed by atoms with Crippen molar-refractivity contribution in [2.24, 2.45) is 4.99 Å². The molecule has 26 heavy (non-hydrogen) atoms. The third-order valence-corrected chi connectivity index (χ3v) is 6.17. The van der Waals surface area contributed by atoms with Crippen LogP contribution < -0.4 is 10.6 Å². The minimum atomic E-state index is -2.81. The average molecular weight is 381 g/mol. The minimum absolute atomic E-state index is 0.269. The SMILES string of the molecule is CCNC(=NCCN1CCS(=O)(=O)CC1)NC(C)CCc1ccccc1. The maximum atomic E-state index is 11.5. The zero-order valence-corrected chi connectivity index (χ0v) is 16.8. The summed E-state index contributed by atoms with van der Waals surface area (Å²) >= 11 is 0. The van der Waals surface area contributed by atoms with Gasteiger partial charge in [0.05, 0.1) is 18.1 Å². The second-order valence-electron chi connectivity index (χ2n) is 6.82. The molecule has 0 bridgehead atoms. The molecule has 1 unspecified atom stereocenters. The molecule has 146 valence electrons. The Balaban J connectivity index is 1.74. The molecule has 0 aliphatic carbocycles. The lowest BCUT2D eigenvalue weighted by Gasteiger charge is -2.26. The largest absolute Gasteiger partial charge is 0.357 e. The summed E-state index contributed by atoms with van der Waals surface area (Å²) in [6.07, 6.45) is 2.08. The van der Waals surface area contributed by atoms with Gasteiger partial charge in [-0.1, -0.05) is 30.3 Å². The summed E-state index contributed by atoms with van der Waals surface area (Å²) in [6.45, 7) is 7.75. The summed E-state index contributed by atoms with van der Waals surface area (Å²) in [4.78, 5) is 6.82. The first kappa shape index (κ1) is 20.7. The highest BCUT2D eigenvalue weighted by Crippen LogP contribution is 2.05. The molecule has 1 heterocycles. The average Bonchev–Trinajstić information content (AvgIpc) is 2.62. The fourth-order valence-electron chi connectivity index (χ4n) is 2.93. The van der Waals surface area contributed by atoms with E-state index < -0.39 is 9.84 Å². The van der Waals surface area contributed by atoms with Gasteiger partial charge < -0.3 is 10.6 Å². The van der Waals surface area contributed by atoms with Crippen LogP contribution >= 0.6 is 0 Å². The van der Waals surface area contributed by atoms with E-state index in [1.807, 2.05) is 6.07 Å². The Morgan fingerprint density at radius 1 is 1.23 bits per heavy atom. The van der Waals surface area contributed by atoms with Gasteiger partial charge in [0.15, 0.2) is 15.8 Å². The van der Waals surface area contributed by atoms with Crippen LogP contribution in [0, 0.1) is 0 Å². The molecule has 1 saturated heterocycles. The van der Waals surface area contributed by atoms with Gasteiger partial charge in [0.2, 0.25) is 0 Å². The summed E-state index contributed by atoms with van der Waals surface area (Å²) in [6, 6.07) is 10.8. The van der Waals surface area contributed by atoms with E-state index in [1.165, 1.54) is 5.56 Å². The first-order chi connectivity index (χ1) is 12.5. The number of guanidine groups is 1. The molecule has 0 aromatic heterocycles. The first-order valence-electron chi connectivity index (χ1n) is 9.50. The van der Waals surface area contributed by atoms with Gasteiger partial charge in [0, 0.05) is 32.2 Å². The second kappa shape index (κ2) is 10.5. The monoisotopic (exact) mass is 380 g/mol. The predicted molar refractivity (Wildman–Crippen MR) is 108 cm³/mol. The van der Waals surface area contributed by atoms with Crippen LogP contribution in [0.1, 0.15) is 25.8 Å². The van der Waals surface area contributed by atoms with Gasteiger partial charge in [-0.3, -0.25) is 9.89 Å². The number of hydrogen-bond acceptors (Lipinski definition) is 4. The van der Waals surface area contributed by atoms with Crippen molar-refractivity contribution < 1.29 is 8.42 Å². The van der Waals surface area contributed by atoms with E-state index in [-0.39, 0.29) is 11.5 Å². The molecular formula is C19H32N4O2S. The smallest absolute Gasteiger partial charge is 0.191 e. The van der Waals surface area contributed by atoms with Crippen molar-refractivity contribution in [2.75, 3.05) is 44.2 Å². The highest BCUT2D eigenvalue weighted by atomic mass is 32.2. The van der Waals surface area contributed by atoms with E-state index in [0.29, 0.717) is 25.7 Å². The quantitative estimate of drug-likeness (QED) is 0.525. The molecule has 1 aromatic rings. The molecule has 1 aliphatic rings. The van der Waals surface area contributed by atoms with Gasteiger partial charge >= 0.3 is 0 Å². The minimum Gasteiger partial charge on any atom is -0.357 e. The highest BCUT2D eigenvalue weighted by molar-refractivity contribution is 7.91. The highest BCUT2D eigenvalue weighted by Gasteiger charge is 2.20. The number of aryl methyl sites for hydroxylation is 1. The van der Waals surface area contributed by atoms with Crippen LogP contribution in [0.5, 0.6) is 0 Å². The zero-order valence-electron chi connectivity index (χ0n) is 15.9. The van der Waals surface area contributed by atoms with Gasteiger partial charge in [0.25, 0.3) is 0 Å². The standard InChI is InChI=1S/C19H32N4O2S/c1-3-20-19(21-11-12-23-13-15-26(24,25)16-14-23)22-17(2)9-10-18-7-5-4-6-8-18/h4-8,17H,3,9-16H2,1-2H3,(H2,20,21,22). The number of benzene rings is 1. The van der Waals surface area contributed by atoms with E-state index in [9.17, 15) is 8.42 Å². The maximum Gasteiger partial charge on any atom is 0.191 e. The molecule has 0 saturated carbocycles. The molecule has 1 aliphatic heterocycles. The third-order valence-electron chi connectivity index (χ3n) is 4.56. The summed E-state index contributed by atoms with van der Waals surface area (Å²) in [7, 11) is -2.81. The van der Waals surface area contributed by atoms with Crippen molar-refractivity contribution in [3.8, 4) is 0 Å². The van der Waals surface area contributed by atoms with Gasteiger partial charge in [-0.05, 0) is 32.3 Å². The molecule has 1 atom stereocenters. The van der Waals surface area contributed by atoms with Crippen LogP contribution in [0.2, 0.25) is 0 Å². The lowest BCUT2D eigenvalue weighted by atomic mass is 10.1. The van der Waals surface area contributed by atoms with E-state index >= 15 is 0 Å². The maximum absolute atomic E-state index is 11.5. The van der Waals surface area contributed by atoms with Crippen molar-refractivity contribution in [1.29, 1.82) is 0 Å². The molecule has 7 heteroatoms. The van der Waals surface area contributed by atoms with E-state index in [4.69, 9.17) is 0 Å². The van der Waals surface area contributed by atoms with Crippen molar-refractivity contribution in [3.63, 3.8) is 0 Å². The van der Waals surface area contributed by atoms with E-state index in [1.54, 1.807) is 0 Å². The van der Waals surface area contributed by atoms with Crippen LogP contribution in [0.15, 0.2) is 35.3 Å². The summed E-state index contributed by atoms with van der Waals surface area (Å²) in [5, 5.41) is 6.75. The first-order valence-corrected chi connectivity index (χ1v) is 11.3. The molecule has 0 radical (unpaired) electrons. The van der Waals surface area contributed by atoms with Crippen LogP contribution in [-0.4, -0.2) is 69.5 Å².